The van der Waals surface area contributed by atoms with Crippen LogP contribution in [0.1, 0.15) is 42.7 Å². The van der Waals surface area contributed by atoms with Crippen molar-refractivity contribution in [3.63, 3.8) is 0 Å². The van der Waals surface area contributed by atoms with Gasteiger partial charge in [-0.3, -0.25) is 5.84 Å². The van der Waals surface area contributed by atoms with Crippen LogP contribution in [0.3, 0.4) is 0 Å². The molecule has 1 unspecified atom stereocenters. The summed E-state index contributed by atoms with van der Waals surface area (Å²) in [4.78, 5) is 0. The van der Waals surface area contributed by atoms with E-state index in [9.17, 15) is 0 Å². The van der Waals surface area contributed by atoms with Crippen molar-refractivity contribution in [3.8, 4) is 0 Å². The average Bonchev–Trinajstić information content (AvgIpc) is 2.72. The summed E-state index contributed by atoms with van der Waals surface area (Å²) in [5.41, 5.74) is 7.02. The summed E-state index contributed by atoms with van der Waals surface area (Å²) in [6.07, 6.45) is 2.71. The fraction of sp³-hybridized carbons (Fsp3) is 0.500. The van der Waals surface area contributed by atoms with Crippen LogP contribution in [-0.4, -0.2) is 0 Å². The van der Waals surface area contributed by atoms with Crippen LogP contribution in [0, 0.1) is 5.92 Å². The largest absolute Gasteiger partial charge is 0.324 e. The van der Waals surface area contributed by atoms with E-state index in [1.165, 1.54) is 18.4 Å². The zero-order valence-electron chi connectivity index (χ0n) is 8.46. The molecule has 0 aromatic heterocycles. The predicted molar refractivity (Wildman–Crippen MR) is 58.1 cm³/mol. The molecule has 0 spiro atoms. The molecule has 1 fully saturated rings. The Balaban J connectivity index is 2.19. The molecular weight excluding hydrogens is 172 g/mol. The number of nitrogens with two attached hydrogens (primary N) is 1. The van der Waals surface area contributed by atoms with Crippen LogP contribution in [0.25, 0.3) is 0 Å². The van der Waals surface area contributed by atoms with E-state index in [1.54, 1.807) is 5.56 Å². The number of nitrogens with one attached hydrogen (secondary N) is 1. The Kier molecular flexibility index (Phi) is 1.62. The highest BCUT2D eigenvalue weighted by atomic mass is 15.2. The minimum atomic E-state index is 0.752. The number of anilines is 1. The predicted octanol–water partition coefficient (Wildman–Crippen LogP) is 2.58. The maximum atomic E-state index is 5.55. The number of fused-ring (bicyclic) bond motifs is 5. The van der Waals surface area contributed by atoms with Gasteiger partial charge in [-0.1, -0.05) is 19.1 Å². The molecule has 1 aromatic carbocycles. The maximum Gasteiger partial charge on any atom is 0.0522 e. The molecule has 2 aliphatic rings. The van der Waals surface area contributed by atoms with Gasteiger partial charge in [-0.25, -0.2) is 0 Å². The van der Waals surface area contributed by atoms with E-state index in [0.29, 0.717) is 0 Å². The zero-order valence-corrected chi connectivity index (χ0v) is 8.46. The first-order valence-electron chi connectivity index (χ1n) is 5.42. The molecule has 0 heterocycles. The van der Waals surface area contributed by atoms with E-state index in [-0.39, 0.29) is 0 Å². The zero-order chi connectivity index (χ0) is 9.71. The highest BCUT2D eigenvalue weighted by molar-refractivity contribution is 5.60. The van der Waals surface area contributed by atoms with Crippen molar-refractivity contribution >= 4 is 5.69 Å². The van der Waals surface area contributed by atoms with Gasteiger partial charge in [0.15, 0.2) is 0 Å². The van der Waals surface area contributed by atoms with Gasteiger partial charge >= 0.3 is 0 Å². The molecular formula is C12H16N2. The van der Waals surface area contributed by atoms with Gasteiger partial charge in [0.25, 0.3) is 0 Å². The number of hydrazine groups is 1. The van der Waals surface area contributed by atoms with Gasteiger partial charge in [0, 0.05) is 0 Å². The van der Waals surface area contributed by atoms with Crippen LogP contribution in [0.4, 0.5) is 5.69 Å². The molecule has 3 atom stereocenters. The lowest BCUT2D eigenvalue weighted by atomic mass is 9.90. The smallest absolute Gasteiger partial charge is 0.0522 e. The molecule has 0 saturated heterocycles. The summed E-state index contributed by atoms with van der Waals surface area (Å²) in [6.45, 7) is 2.38. The molecule has 2 bridgehead atoms. The van der Waals surface area contributed by atoms with Crippen LogP contribution in [-0.2, 0) is 0 Å². The minimum Gasteiger partial charge on any atom is -0.324 e. The summed E-state index contributed by atoms with van der Waals surface area (Å²) in [7, 11) is 0. The highest BCUT2D eigenvalue weighted by Crippen LogP contribution is 2.58. The topological polar surface area (TPSA) is 38.0 Å². The Morgan fingerprint density at radius 3 is 2.86 bits per heavy atom. The van der Waals surface area contributed by atoms with Gasteiger partial charge in [0.1, 0.15) is 0 Å². The Labute approximate surface area is 84.5 Å². The minimum absolute atomic E-state index is 0.752. The lowest BCUT2D eigenvalue weighted by Gasteiger charge is -2.18. The third kappa shape index (κ3) is 0.845. The summed E-state index contributed by atoms with van der Waals surface area (Å²) in [5, 5.41) is 0. The van der Waals surface area contributed by atoms with Crippen LogP contribution < -0.4 is 11.3 Å². The van der Waals surface area contributed by atoms with Crippen LogP contribution in [0.2, 0.25) is 0 Å². The Hall–Kier alpha value is -1.02. The van der Waals surface area contributed by atoms with E-state index >= 15 is 0 Å². The first-order chi connectivity index (χ1) is 6.83. The molecule has 0 radical (unpaired) electrons. The molecule has 0 aliphatic heterocycles. The molecule has 2 heteroatoms. The summed E-state index contributed by atoms with van der Waals surface area (Å²) < 4.78 is 0. The van der Waals surface area contributed by atoms with Gasteiger partial charge in [0.05, 0.1) is 5.69 Å². The number of rotatable bonds is 1. The Bertz CT molecular complexity index is 373. The van der Waals surface area contributed by atoms with E-state index < -0.39 is 0 Å². The van der Waals surface area contributed by atoms with Crippen molar-refractivity contribution in [2.45, 2.75) is 31.6 Å². The second-order valence-electron chi connectivity index (χ2n) is 4.60. The fourth-order valence-corrected chi connectivity index (χ4v) is 3.46. The van der Waals surface area contributed by atoms with E-state index in [0.717, 1.165) is 23.4 Å². The molecule has 1 aromatic rings. The maximum absolute atomic E-state index is 5.55. The van der Waals surface area contributed by atoms with Crippen molar-refractivity contribution in [3.05, 3.63) is 29.3 Å². The molecule has 74 valence electrons. The molecule has 3 N–H and O–H groups in total. The third-order valence-electron chi connectivity index (χ3n) is 4.12. The highest BCUT2D eigenvalue weighted by Gasteiger charge is 2.44. The van der Waals surface area contributed by atoms with Crippen molar-refractivity contribution in [1.29, 1.82) is 0 Å². The Morgan fingerprint density at radius 2 is 2.07 bits per heavy atom. The standard InChI is InChI=1S/C12H16N2/c1-7-8-5-6-9(7)12-10(8)3-2-4-11(12)14-13/h2-4,7-9,14H,5-6,13H2,1H3/t7-,8-,9?/m0/s1. The molecule has 1 saturated carbocycles. The molecule has 3 rings (SSSR count). The molecule has 2 nitrogen and oxygen atoms in total. The van der Waals surface area contributed by atoms with E-state index in [2.05, 4.69) is 30.5 Å². The molecule has 0 amide bonds. The third-order valence-corrected chi connectivity index (χ3v) is 4.12. The van der Waals surface area contributed by atoms with Crippen molar-refractivity contribution in [1.82, 2.24) is 0 Å². The number of hydrogen-bond acceptors (Lipinski definition) is 2. The van der Waals surface area contributed by atoms with Gasteiger partial charge in [0.2, 0.25) is 0 Å². The summed E-state index contributed by atoms with van der Waals surface area (Å²) in [6, 6.07) is 6.48. The number of nitrogen functional groups attached to an aromatic ring is 1. The second kappa shape index (κ2) is 2.74. The van der Waals surface area contributed by atoms with E-state index in [1.807, 2.05) is 0 Å². The van der Waals surface area contributed by atoms with Crippen LogP contribution in [0.5, 0.6) is 0 Å². The first-order valence-corrected chi connectivity index (χ1v) is 5.42. The van der Waals surface area contributed by atoms with Crippen LogP contribution >= 0.6 is 0 Å². The van der Waals surface area contributed by atoms with Crippen LogP contribution in [0.15, 0.2) is 18.2 Å². The van der Waals surface area contributed by atoms with Crippen molar-refractivity contribution in [2.24, 2.45) is 11.8 Å². The van der Waals surface area contributed by atoms with Crippen molar-refractivity contribution < 1.29 is 0 Å². The molecule has 2 aliphatic carbocycles. The van der Waals surface area contributed by atoms with Crippen molar-refractivity contribution in [2.75, 3.05) is 5.43 Å². The average molecular weight is 188 g/mol. The number of hydrogen-bond donors (Lipinski definition) is 2. The summed E-state index contributed by atoms with van der Waals surface area (Å²) in [5.74, 6) is 7.92. The second-order valence-corrected chi connectivity index (χ2v) is 4.60. The van der Waals surface area contributed by atoms with E-state index in [4.69, 9.17) is 5.84 Å². The van der Waals surface area contributed by atoms with Gasteiger partial charge in [-0.05, 0) is 47.8 Å². The van der Waals surface area contributed by atoms with Gasteiger partial charge in [-0.2, -0.15) is 0 Å². The Morgan fingerprint density at radius 1 is 1.29 bits per heavy atom. The summed E-state index contributed by atoms with van der Waals surface area (Å²) >= 11 is 0. The first kappa shape index (κ1) is 8.30. The quantitative estimate of drug-likeness (QED) is 0.525. The SMILES string of the molecule is C[C@@H]1C2CC[C@@H]1c1cccc(NN)c12. The fourth-order valence-electron chi connectivity index (χ4n) is 3.46. The lowest BCUT2D eigenvalue weighted by molar-refractivity contribution is 0.532. The molecule has 14 heavy (non-hydrogen) atoms. The lowest BCUT2D eigenvalue weighted by Crippen LogP contribution is -2.11. The number of benzene rings is 1. The normalized spacial score (nSPS) is 33.1. The monoisotopic (exact) mass is 188 g/mol. The van der Waals surface area contributed by atoms with Gasteiger partial charge < -0.3 is 5.43 Å². The van der Waals surface area contributed by atoms with Gasteiger partial charge in [-0.15, -0.1) is 0 Å².